The summed E-state index contributed by atoms with van der Waals surface area (Å²) in [7, 11) is 0. The fraction of sp³-hybridized carbons (Fsp3) is 1.00. The van der Waals surface area contributed by atoms with E-state index >= 15 is 0 Å². The SMILES string of the molecule is CCCCC(CC)C(N)[N+](CCC)(C(N)C(CC)CCCC)C(N)C(CC)CCCC.[Br-]. The van der Waals surface area contributed by atoms with Crippen LogP contribution in [0.5, 0.6) is 0 Å². The molecule has 0 aromatic carbocycles. The number of rotatable bonds is 20. The van der Waals surface area contributed by atoms with Gasteiger partial charge in [0, 0.05) is 17.8 Å². The summed E-state index contributed by atoms with van der Waals surface area (Å²) in [6.45, 7) is 17.0. The van der Waals surface area contributed by atoms with Crippen LogP contribution in [0, 0.1) is 17.8 Å². The van der Waals surface area contributed by atoms with Crippen molar-refractivity contribution in [3.63, 3.8) is 0 Å². The number of nitrogens with two attached hydrogens (primary N) is 3. The molecule has 6 unspecified atom stereocenters. The molecule has 0 aliphatic carbocycles. The Morgan fingerprint density at radius 2 is 0.781 bits per heavy atom. The van der Waals surface area contributed by atoms with Crippen molar-refractivity contribution >= 4 is 0 Å². The number of halogens is 1. The Morgan fingerprint density at radius 1 is 0.500 bits per heavy atom. The van der Waals surface area contributed by atoms with E-state index in [1.165, 1.54) is 57.8 Å². The normalized spacial score (nSPS) is 19.3. The monoisotopic (exact) mass is 520 g/mol. The standard InChI is InChI=1S/C27H61N4.BrH/c1-8-15-18-22(12-5)25(28)31(21-11-4,26(29)23(13-6)19-16-9-2)27(30)24(14-7)20-17-10-3;/h22-27H,8-21,28-30H2,1-7H3;1H/q+1;/p-1. The van der Waals surface area contributed by atoms with Crippen molar-refractivity contribution in [2.45, 2.75) is 150 Å². The first kappa shape index (κ1) is 34.5. The van der Waals surface area contributed by atoms with Crippen molar-refractivity contribution in [2.24, 2.45) is 35.0 Å². The molecule has 0 amide bonds. The number of hydrogen-bond donors (Lipinski definition) is 3. The molecule has 32 heavy (non-hydrogen) atoms. The van der Waals surface area contributed by atoms with Crippen LogP contribution in [0.3, 0.4) is 0 Å². The first-order chi connectivity index (χ1) is 14.9. The first-order valence-electron chi connectivity index (χ1n) is 14.0. The lowest BCUT2D eigenvalue weighted by atomic mass is 9.85. The topological polar surface area (TPSA) is 78.1 Å². The average Bonchev–Trinajstić information content (AvgIpc) is 2.78. The first-order valence-corrected chi connectivity index (χ1v) is 14.0. The fourth-order valence-electron chi connectivity index (χ4n) is 5.86. The van der Waals surface area contributed by atoms with E-state index in [2.05, 4.69) is 48.5 Å². The van der Waals surface area contributed by atoms with Gasteiger partial charge in [-0.3, -0.25) is 21.7 Å². The summed E-state index contributed by atoms with van der Waals surface area (Å²) in [5.74, 6) is 1.45. The molecule has 0 aromatic heterocycles. The van der Waals surface area contributed by atoms with Gasteiger partial charge >= 0.3 is 0 Å². The van der Waals surface area contributed by atoms with Crippen LogP contribution >= 0.6 is 0 Å². The maximum Gasteiger partial charge on any atom is 0.145 e. The average molecular weight is 522 g/mol. The molecule has 0 rings (SSSR count). The van der Waals surface area contributed by atoms with E-state index in [1.54, 1.807) is 0 Å². The van der Waals surface area contributed by atoms with Crippen LogP contribution in [0.2, 0.25) is 0 Å². The molecule has 6 N–H and O–H groups in total. The summed E-state index contributed by atoms with van der Waals surface area (Å²) in [5, 5.41) is 0. The van der Waals surface area contributed by atoms with Gasteiger partial charge in [-0.05, 0) is 44.9 Å². The second-order valence-electron chi connectivity index (χ2n) is 10.1. The van der Waals surface area contributed by atoms with Crippen LogP contribution in [0.15, 0.2) is 0 Å². The van der Waals surface area contributed by atoms with Gasteiger partial charge in [-0.25, -0.2) is 0 Å². The van der Waals surface area contributed by atoms with Gasteiger partial charge in [0.15, 0.2) is 0 Å². The summed E-state index contributed by atoms with van der Waals surface area (Å²) < 4.78 is 0.725. The Balaban J connectivity index is 0. The lowest BCUT2D eigenvalue weighted by molar-refractivity contribution is -1.00. The molecule has 0 aliphatic rings. The van der Waals surface area contributed by atoms with E-state index < -0.39 is 0 Å². The third kappa shape index (κ3) is 9.52. The van der Waals surface area contributed by atoms with E-state index in [0.29, 0.717) is 17.8 Å². The van der Waals surface area contributed by atoms with Crippen molar-refractivity contribution in [1.82, 2.24) is 0 Å². The molecule has 5 heteroatoms. The molecule has 0 spiro atoms. The maximum absolute atomic E-state index is 7.29. The van der Waals surface area contributed by atoms with Crippen molar-refractivity contribution in [3.05, 3.63) is 0 Å². The highest BCUT2D eigenvalue weighted by molar-refractivity contribution is 4.78. The van der Waals surface area contributed by atoms with E-state index in [9.17, 15) is 0 Å². The molecule has 0 aliphatic heterocycles. The molecular formula is C27H61BrN4. The zero-order chi connectivity index (χ0) is 23.9. The quantitative estimate of drug-likeness (QED) is 0.169. The number of unbranched alkanes of at least 4 members (excludes halogenated alkanes) is 3. The second-order valence-corrected chi connectivity index (χ2v) is 10.1. The van der Waals surface area contributed by atoms with Crippen molar-refractivity contribution in [2.75, 3.05) is 6.54 Å². The summed E-state index contributed by atoms with van der Waals surface area (Å²) in [5.41, 5.74) is 21.9. The van der Waals surface area contributed by atoms with Crippen LogP contribution in [-0.4, -0.2) is 29.5 Å². The Bertz CT molecular complexity index is 365. The predicted molar refractivity (Wildman–Crippen MR) is 139 cm³/mol. The molecular weight excluding hydrogens is 460 g/mol. The predicted octanol–water partition coefficient (Wildman–Crippen LogP) is 3.72. The molecule has 0 saturated carbocycles. The fourth-order valence-corrected chi connectivity index (χ4v) is 5.86. The molecule has 196 valence electrons. The Kier molecular flexibility index (Phi) is 21.1. The van der Waals surface area contributed by atoms with E-state index in [4.69, 9.17) is 17.2 Å². The summed E-state index contributed by atoms with van der Waals surface area (Å²) in [6.07, 6.45) is 15.4. The van der Waals surface area contributed by atoms with Gasteiger partial charge in [-0.2, -0.15) is 0 Å². The van der Waals surface area contributed by atoms with E-state index in [1.807, 2.05) is 0 Å². The van der Waals surface area contributed by atoms with Gasteiger partial charge < -0.3 is 17.0 Å². The van der Waals surface area contributed by atoms with Crippen LogP contribution in [-0.2, 0) is 0 Å². The number of hydrogen-bond acceptors (Lipinski definition) is 3. The van der Waals surface area contributed by atoms with E-state index in [0.717, 1.165) is 36.7 Å². The summed E-state index contributed by atoms with van der Waals surface area (Å²) in [4.78, 5) is 0. The van der Waals surface area contributed by atoms with Gasteiger partial charge in [-0.15, -0.1) is 0 Å². The lowest BCUT2D eigenvalue weighted by Gasteiger charge is -2.56. The van der Waals surface area contributed by atoms with Crippen LogP contribution in [0.4, 0.5) is 0 Å². The highest BCUT2D eigenvalue weighted by atomic mass is 79.9. The maximum atomic E-state index is 7.29. The minimum atomic E-state index is 0. The highest BCUT2D eigenvalue weighted by Crippen LogP contribution is 2.36. The minimum absolute atomic E-state index is 0. The smallest absolute Gasteiger partial charge is 0.145 e. The summed E-state index contributed by atoms with van der Waals surface area (Å²) >= 11 is 0. The van der Waals surface area contributed by atoms with Crippen molar-refractivity contribution < 1.29 is 21.5 Å². The van der Waals surface area contributed by atoms with Crippen molar-refractivity contribution in [3.8, 4) is 0 Å². The molecule has 6 atom stereocenters. The van der Waals surface area contributed by atoms with Crippen LogP contribution < -0.4 is 34.2 Å². The van der Waals surface area contributed by atoms with Gasteiger partial charge in [0.25, 0.3) is 0 Å². The Labute approximate surface area is 213 Å². The van der Waals surface area contributed by atoms with Gasteiger partial charge in [0.05, 0.1) is 6.54 Å². The molecule has 0 saturated heterocycles. The summed E-state index contributed by atoms with van der Waals surface area (Å²) in [6, 6.07) is 0. The number of nitrogens with zero attached hydrogens (tertiary/aromatic N) is 1. The number of quaternary nitrogens is 1. The third-order valence-corrected chi connectivity index (χ3v) is 8.08. The second kappa shape index (κ2) is 19.6. The van der Waals surface area contributed by atoms with Crippen LogP contribution in [0.25, 0.3) is 0 Å². The Hall–Kier alpha value is 0.320. The molecule has 0 heterocycles. The zero-order valence-electron chi connectivity index (χ0n) is 22.9. The molecule has 0 fully saturated rings. The van der Waals surface area contributed by atoms with Gasteiger partial charge in [0.2, 0.25) is 0 Å². The third-order valence-electron chi connectivity index (χ3n) is 8.08. The lowest BCUT2D eigenvalue weighted by Crippen LogP contribution is -3.00. The zero-order valence-corrected chi connectivity index (χ0v) is 24.5. The van der Waals surface area contributed by atoms with Crippen molar-refractivity contribution in [1.29, 1.82) is 0 Å². The molecule has 0 bridgehead atoms. The van der Waals surface area contributed by atoms with Gasteiger partial charge in [-0.1, -0.05) is 87.0 Å². The van der Waals surface area contributed by atoms with Gasteiger partial charge in [0.1, 0.15) is 18.5 Å². The minimum Gasteiger partial charge on any atom is -1.00 e. The molecule has 0 aromatic rings. The highest BCUT2D eigenvalue weighted by Gasteiger charge is 2.51. The largest absolute Gasteiger partial charge is 1.00 e. The van der Waals surface area contributed by atoms with Crippen LogP contribution in [0.1, 0.15) is 132 Å². The Morgan fingerprint density at radius 3 is 0.969 bits per heavy atom. The molecule has 4 nitrogen and oxygen atoms in total. The van der Waals surface area contributed by atoms with E-state index in [-0.39, 0.29) is 35.5 Å². The molecule has 0 radical (unpaired) electrons.